The molecule has 2 aromatic carbocycles. The second-order valence-electron chi connectivity index (χ2n) is 4.34. The van der Waals surface area contributed by atoms with Crippen LogP contribution in [0.25, 0.3) is 5.69 Å². The maximum atomic E-state index is 12.5. The lowest BCUT2D eigenvalue weighted by molar-refractivity contribution is 0.103. The van der Waals surface area contributed by atoms with Crippen LogP contribution < -0.4 is 0 Å². The summed E-state index contributed by atoms with van der Waals surface area (Å²) in [4.78, 5) is 12.5. The molecule has 0 aliphatic rings. The fourth-order valence-corrected chi connectivity index (χ4v) is 3.11. The first-order valence-corrected chi connectivity index (χ1v) is 7.71. The average molecular weight is 407 g/mol. The van der Waals surface area contributed by atoms with Gasteiger partial charge in [0.15, 0.2) is 5.69 Å². The highest BCUT2D eigenvalue weighted by Crippen LogP contribution is 2.23. The van der Waals surface area contributed by atoms with Gasteiger partial charge in [-0.2, -0.15) is 0 Å². The lowest BCUT2D eigenvalue weighted by Gasteiger charge is -2.01. The number of benzene rings is 2. The minimum absolute atomic E-state index is 0.170. The lowest BCUT2D eigenvalue weighted by Crippen LogP contribution is -2.02. The highest BCUT2D eigenvalue weighted by atomic mass is 79.9. The fourth-order valence-electron chi connectivity index (χ4n) is 1.89. The van der Waals surface area contributed by atoms with Crippen LogP contribution in [0.2, 0.25) is 0 Å². The van der Waals surface area contributed by atoms with Gasteiger partial charge in [-0.15, -0.1) is 5.10 Å². The summed E-state index contributed by atoms with van der Waals surface area (Å²) in [5, 5.41) is 7.96. The monoisotopic (exact) mass is 405 g/mol. The molecule has 0 saturated heterocycles. The highest BCUT2D eigenvalue weighted by molar-refractivity contribution is 9.11. The van der Waals surface area contributed by atoms with Crippen LogP contribution >= 0.6 is 31.9 Å². The van der Waals surface area contributed by atoms with E-state index in [1.54, 1.807) is 16.9 Å². The molecule has 0 fully saturated rings. The van der Waals surface area contributed by atoms with Crippen LogP contribution in [0, 0.1) is 0 Å². The molecule has 4 nitrogen and oxygen atoms in total. The number of carbonyl (C=O) groups is 1. The van der Waals surface area contributed by atoms with E-state index in [1.165, 1.54) is 0 Å². The van der Waals surface area contributed by atoms with Gasteiger partial charge in [-0.3, -0.25) is 4.79 Å². The number of para-hydroxylation sites is 1. The number of ketones is 1. The zero-order chi connectivity index (χ0) is 14.8. The molecule has 1 aromatic heterocycles. The first kappa shape index (κ1) is 14.2. The maximum absolute atomic E-state index is 12.5. The van der Waals surface area contributed by atoms with Crippen LogP contribution in [-0.2, 0) is 0 Å². The van der Waals surface area contributed by atoms with E-state index in [1.807, 2.05) is 42.5 Å². The topological polar surface area (TPSA) is 47.8 Å². The van der Waals surface area contributed by atoms with E-state index in [9.17, 15) is 4.79 Å². The number of nitrogens with zero attached hydrogens (tertiary/aromatic N) is 3. The maximum Gasteiger partial charge on any atom is 0.216 e. The molecule has 3 aromatic rings. The van der Waals surface area contributed by atoms with Crippen molar-refractivity contribution in [2.24, 2.45) is 0 Å². The SMILES string of the molecule is O=C(c1cn(-c2ccccc2)nn1)c1ccc(Br)cc1Br. The van der Waals surface area contributed by atoms with Crippen molar-refractivity contribution < 1.29 is 4.79 Å². The molecule has 0 atom stereocenters. The Balaban J connectivity index is 1.94. The zero-order valence-corrected chi connectivity index (χ0v) is 13.9. The van der Waals surface area contributed by atoms with Gasteiger partial charge in [0.2, 0.25) is 5.78 Å². The third kappa shape index (κ3) is 2.96. The van der Waals surface area contributed by atoms with Crippen LogP contribution in [0.1, 0.15) is 16.1 Å². The van der Waals surface area contributed by atoms with Crippen molar-refractivity contribution in [3.8, 4) is 5.69 Å². The number of halogens is 2. The predicted molar refractivity (Wildman–Crippen MR) is 86.6 cm³/mol. The zero-order valence-electron chi connectivity index (χ0n) is 10.7. The van der Waals surface area contributed by atoms with Gasteiger partial charge >= 0.3 is 0 Å². The van der Waals surface area contributed by atoms with Crippen LogP contribution in [0.15, 0.2) is 63.7 Å². The Labute approximate surface area is 138 Å². The number of aromatic nitrogens is 3. The predicted octanol–water partition coefficient (Wildman–Crippen LogP) is 4.02. The first-order valence-electron chi connectivity index (χ1n) is 6.12. The molecular formula is C15H9Br2N3O. The Morgan fingerprint density at radius 1 is 1.05 bits per heavy atom. The van der Waals surface area contributed by atoms with Gasteiger partial charge < -0.3 is 0 Å². The van der Waals surface area contributed by atoms with Crippen molar-refractivity contribution in [1.82, 2.24) is 15.0 Å². The number of carbonyl (C=O) groups excluding carboxylic acids is 1. The van der Waals surface area contributed by atoms with E-state index in [0.717, 1.165) is 14.6 Å². The molecule has 0 bridgehead atoms. The minimum Gasteiger partial charge on any atom is -0.287 e. The third-order valence-electron chi connectivity index (χ3n) is 2.92. The van der Waals surface area contributed by atoms with Gasteiger partial charge in [0.1, 0.15) is 0 Å². The van der Waals surface area contributed by atoms with E-state index in [4.69, 9.17) is 0 Å². The molecule has 0 N–H and O–H groups in total. The van der Waals surface area contributed by atoms with Gasteiger partial charge in [-0.25, -0.2) is 4.68 Å². The smallest absolute Gasteiger partial charge is 0.216 e. The molecule has 0 radical (unpaired) electrons. The number of rotatable bonds is 3. The van der Waals surface area contributed by atoms with Crippen molar-refractivity contribution in [1.29, 1.82) is 0 Å². The van der Waals surface area contributed by atoms with Gasteiger partial charge in [-0.1, -0.05) is 39.3 Å². The fraction of sp³-hybridized carbons (Fsp3) is 0. The molecule has 0 amide bonds. The second-order valence-corrected chi connectivity index (χ2v) is 6.11. The molecule has 0 aliphatic heterocycles. The summed E-state index contributed by atoms with van der Waals surface area (Å²) in [6.45, 7) is 0. The largest absolute Gasteiger partial charge is 0.287 e. The Morgan fingerprint density at radius 2 is 1.81 bits per heavy atom. The Kier molecular flexibility index (Phi) is 3.98. The van der Waals surface area contributed by atoms with Crippen LogP contribution in [0.5, 0.6) is 0 Å². The van der Waals surface area contributed by atoms with Crippen LogP contribution in [-0.4, -0.2) is 20.8 Å². The van der Waals surface area contributed by atoms with E-state index >= 15 is 0 Å². The first-order chi connectivity index (χ1) is 10.1. The molecular weight excluding hydrogens is 398 g/mol. The molecule has 6 heteroatoms. The van der Waals surface area contributed by atoms with E-state index in [0.29, 0.717) is 11.3 Å². The lowest BCUT2D eigenvalue weighted by atomic mass is 10.1. The number of hydrogen-bond acceptors (Lipinski definition) is 3. The molecule has 0 unspecified atom stereocenters. The standard InChI is InChI=1S/C15H9Br2N3O/c16-10-6-7-12(13(17)8-10)15(21)14-9-20(19-18-14)11-4-2-1-3-5-11/h1-9H. The van der Waals surface area contributed by atoms with Crippen LogP contribution in [0.3, 0.4) is 0 Å². The van der Waals surface area contributed by atoms with Gasteiger partial charge in [-0.05, 0) is 46.3 Å². The molecule has 21 heavy (non-hydrogen) atoms. The van der Waals surface area contributed by atoms with E-state index < -0.39 is 0 Å². The Morgan fingerprint density at radius 3 is 2.52 bits per heavy atom. The van der Waals surface area contributed by atoms with Crippen molar-refractivity contribution in [2.75, 3.05) is 0 Å². The van der Waals surface area contributed by atoms with Crippen molar-refractivity contribution in [3.63, 3.8) is 0 Å². The summed E-state index contributed by atoms with van der Waals surface area (Å²) >= 11 is 6.75. The molecule has 0 saturated carbocycles. The third-order valence-corrected chi connectivity index (χ3v) is 4.07. The highest BCUT2D eigenvalue weighted by Gasteiger charge is 2.16. The van der Waals surface area contributed by atoms with Crippen molar-refractivity contribution in [2.45, 2.75) is 0 Å². The molecule has 104 valence electrons. The molecule has 0 aliphatic carbocycles. The van der Waals surface area contributed by atoms with E-state index in [-0.39, 0.29) is 5.78 Å². The van der Waals surface area contributed by atoms with Gasteiger partial charge in [0, 0.05) is 14.5 Å². The van der Waals surface area contributed by atoms with Crippen molar-refractivity contribution >= 4 is 37.6 Å². The summed E-state index contributed by atoms with van der Waals surface area (Å²) in [5.74, 6) is -0.170. The quantitative estimate of drug-likeness (QED) is 0.617. The normalized spacial score (nSPS) is 10.6. The molecule has 1 heterocycles. The summed E-state index contributed by atoms with van der Waals surface area (Å²) in [6, 6.07) is 14.9. The van der Waals surface area contributed by atoms with Gasteiger partial charge in [0.25, 0.3) is 0 Å². The van der Waals surface area contributed by atoms with E-state index in [2.05, 4.69) is 42.2 Å². The van der Waals surface area contributed by atoms with Crippen molar-refractivity contribution in [3.05, 3.63) is 74.9 Å². The summed E-state index contributed by atoms with van der Waals surface area (Å²) < 4.78 is 3.20. The molecule has 0 spiro atoms. The molecule has 3 rings (SSSR count). The Hall–Kier alpha value is -1.79. The summed E-state index contributed by atoms with van der Waals surface area (Å²) in [6.07, 6.45) is 1.63. The van der Waals surface area contributed by atoms with Crippen LogP contribution in [0.4, 0.5) is 0 Å². The second kappa shape index (κ2) is 5.91. The number of hydrogen-bond donors (Lipinski definition) is 0. The Bertz CT molecular complexity index is 800. The summed E-state index contributed by atoms with van der Waals surface area (Å²) in [7, 11) is 0. The van der Waals surface area contributed by atoms with Gasteiger partial charge in [0.05, 0.1) is 11.9 Å². The average Bonchev–Trinajstić information content (AvgIpc) is 2.97. The summed E-state index contributed by atoms with van der Waals surface area (Å²) in [5.41, 5.74) is 1.72. The minimum atomic E-state index is -0.170.